The van der Waals surface area contributed by atoms with Crippen molar-refractivity contribution in [2.75, 3.05) is 18.4 Å². The Morgan fingerprint density at radius 2 is 2.27 bits per heavy atom. The van der Waals surface area contributed by atoms with Gasteiger partial charge in [0.05, 0.1) is 11.1 Å². The Morgan fingerprint density at radius 1 is 1.50 bits per heavy atom. The van der Waals surface area contributed by atoms with E-state index < -0.39 is 6.09 Å². The number of nitriles is 1. The number of anilines is 1. The number of aromatic amines is 1. The van der Waals surface area contributed by atoms with E-state index >= 15 is 0 Å². The van der Waals surface area contributed by atoms with Gasteiger partial charge in [0, 0.05) is 35.9 Å². The van der Waals surface area contributed by atoms with Crippen LogP contribution >= 0.6 is 0 Å². The smallest absolute Gasteiger partial charge is 0.407 e. The van der Waals surface area contributed by atoms with Crippen LogP contribution in [0.25, 0.3) is 10.9 Å². The molecule has 1 aliphatic rings. The van der Waals surface area contributed by atoms with E-state index in [4.69, 9.17) is 5.11 Å². The zero-order valence-corrected chi connectivity index (χ0v) is 12.6. The largest absolute Gasteiger partial charge is 0.465 e. The molecule has 6 nitrogen and oxygen atoms in total. The molecule has 6 heteroatoms. The highest BCUT2D eigenvalue weighted by Crippen LogP contribution is 2.32. The van der Waals surface area contributed by atoms with Gasteiger partial charge in [-0.3, -0.25) is 0 Å². The van der Waals surface area contributed by atoms with E-state index in [9.17, 15) is 10.1 Å². The molecular weight excluding hydrogens is 280 g/mol. The molecule has 1 atom stereocenters. The number of nitrogens with one attached hydrogen (secondary N) is 2. The van der Waals surface area contributed by atoms with Crippen LogP contribution in [0.2, 0.25) is 0 Å². The zero-order chi connectivity index (χ0) is 15.9. The first kappa shape index (κ1) is 14.3. The van der Waals surface area contributed by atoms with E-state index in [1.807, 2.05) is 19.9 Å². The summed E-state index contributed by atoms with van der Waals surface area (Å²) in [7, 11) is 0. The molecular formula is C16H18N4O2. The van der Waals surface area contributed by atoms with Crippen LogP contribution in [0.1, 0.15) is 23.2 Å². The van der Waals surface area contributed by atoms with Gasteiger partial charge in [-0.1, -0.05) is 0 Å². The number of hydrogen-bond donors (Lipinski definition) is 3. The normalized spacial score (nSPS) is 17.7. The highest BCUT2D eigenvalue weighted by molar-refractivity contribution is 5.99. The van der Waals surface area contributed by atoms with Gasteiger partial charge in [0.1, 0.15) is 6.07 Å². The van der Waals surface area contributed by atoms with Crippen molar-refractivity contribution in [2.45, 2.75) is 26.3 Å². The van der Waals surface area contributed by atoms with E-state index in [2.05, 4.69) is 16.4 Å². The van der Waals surface area contributed by atoms with Crippen molar-refractivity contribution in [3.63, 3.8) is 0 Å². The van der Waals surface area contributed by atoms with E-state index in [1.54, 1.807) is 6.07 Å². The Kier molecular flexibility index (Phi) is 3.41. The van der Waals surface area contributed by atoms with Crippen molar-refractivity contribution < 1.29 is 9.90 Å². The number of hydrogen-bond acceptors (Lipinski definition) is 3. The molecule has 0 saturated carbocycles. The molecule has 0 bridgehead atoms. The summed E-state index contributed by atoms with van der Waals surface area (Å²) in [4.78, 5) is 15.7. The quantitative estimate of drug-likeness (QED) is 0.795. The first-order chi connectivity index (χ1) is 10.5. The lowest BCUT2D eigenvalue weighted by Gasteiger charge is -2.16. The first-order valence-corrected chi connectivity index (χ1v) is 7.27. The Hall–Kier alpha value is -2.68. The second-order valence-electron chi connectivity index (χ2n) is 5.76. The van der Waals surface area contributed by atoms with Gasteiger partial charge in [0.2, 0.25) is 0 Å². The van der Waals surface area contributed by atoms with Gasteiger partial charge < -0.3 is 20.3 Å². The average Bonchev–Trinajstić information content (AvgIpc) is 3.06. The van der Waals surface area contributed by atoms with E-state index in [1.165, 1.54) is 4.90 Å². The number of amides is 1. The summed E-state index contributed by atoms with van der Waals surface area (Å²) in [6.07, 6.45) is -0.0843. The van der Waals surface area contributed by atoms with Gasteiger partial charge in [-0.2, -0.15) is 5.26 Å². The van der Waals surface area contributed by atoms with Gasteiger partial charge in [-0.15, -0.1) is 0 Å². The van der Waals surface area contributed by atoms with E-state index in [0.717, 1.165) is 34.3 Å². The highest BCUT2D eigenvalue weighted by atomic mass is 16.4. The maximum Gasteiger partial charge on any atom is 0.407 e. The topological polar surface area (TPSA) is 92.2 Å². The average molecular weight is 298 g/mol. The monoisotopic (exact) mass is 298 g/mol. The lowest BCUT2D eigenvalue weighted by Crippen LogP contribution is -2.30. The van der Waals surface area contributed by atoms with Crippen LogP contribution < -0.4 is 5.32 Å². The van der Waals surface area contributed by atoms with Crippen LogP contribution in [0.5, 0.6) is 0 Å². The third kappa shape index (κ3) is 2.25. The summed E-state index contributed by atoms with van der Waals surface area (Å²) in [5.41, 5.74) is 4.57. The molecule has 1 aliphatic heterocycles. The summed E-state index contributed by atoms with van der Waals surface area (Å²) < 4.78 is 0. The highest BCUT2D eigenvalue weighted by Gasteiger charge is 2.26. The van der Waals surface area contributed by atoms with Gasteiger partial charge in [-0.05, 0) is 38.0 Å². The number of nitrogens with zero attached hydrogens (tertiary/aromatic N) is 2. The molecule has 114 valence electrons. The second-order valence-corrected chi connectivity index (χ2v) is 5.76. The van der Waals surface area contributed by atoms with Gasteiger partial charge in [0.25, 0.3) is 0 Å². The minimum Gasteiger partial charge on any atom is -0.465 e. The molecule has 3 N–H and O–H groups in total. The van der Waals surface area contributed by atoms with Crippen LogP contribution in [0, 0.1) is 25.2 Å². The van der Waals surface area contributed by atoms with Gasteiger partial charge in [-0.25, -0.2) is 4.79 Å². The van der Waals surface area contributed by atoms with Gasteiger partial charge >= 0.3 is 6.09 Å². The molecule has 0 radical (unpaired) electrons. The van der Waals surface area contributed by atoms with Gasteiger partial charge in [0.15, 0.2) is 0 Å². The van der Waals surface area contributed by atoms with Crippen molar-refractivity contribution in [2.24, 2.45) is 0 Å². The summed E-state index contributed by atoms with van der Waals surface area (Å²) in [6.45, 7) is 5.05. The molecule has 1 aromatic carbocycles. The van der Waals surface area contributed by atoms with Crippen molar-refractivity contribution in [3.05, 3.63) is 29.0 Å². The lowest BCUT2D eigenvalue weighted by molar-refractivity contribution is 0.155. The molecule has 1 aromatic heterocycles. The first-order valence-electron chi connectivity index (χ1n) is 7.27. The number of carbonyl (C=O) groups is 1. The fourth-order valence-electron chi connectivity index (χ4n) is 3.08. The van der Waals surface area contributed by atoms with Crippen LogP contribution in [0.4, 0.5) is 10.5 Å². The number of fused-ring (bicyclic) bond motifs is 1. The van der Waals surface area contributed by atoms with Crippen LogP contribution in [-0.4, -0.2) is 40.2 Å². The molecule has 1 fully saturated rings. The minimum atomic E-state index is -0.872. The Bertz CT molecular complexity index is 788. The predicted octanol–water partition coefficient (Wildman–Crippen LogP) is 2.82. The number of H-pyrrole nitrogens is 1. The van der Waals surface area contributed by atoms with E-state index in [-0.39, 0.29) is 6.04 Å². The lowest BCUT2D eigenvalue weighted by atomic mass is 10.1. The molecule has 0 spiro atoms. The van der Waals surface area contributed by atoms with Crippen molar-refractivity contribution in [3.8, 4) is 6.07 Å². The SMILES string of the molecule is Cc1[nH]c2c(C#N)ccc(NC3CCN(C(=O)O)C3)c2c1C. The summed E-state index contributed by atoms with van der Waals surface area (Å²) >= 11 is 0. The summed E-state index contributed by atoms with van der Waals surface area (Å²) in [5.74, 6) is 0. The third-order valence-corrected chi connectivity index (χ3v) is 4.39. The van der Waals surface area contributed by atoms with Crippen LogP contribution in [0.15, 0.2) is 12.1 Å². The number of carboxylic acid groups (broad SMARTS) is 1. The number of likely N-dealkylation sites (tertiary alicyclic amines) is 1. The maximum absolute atomic E-state index is 11.0. The maximum atomic E-state index is 11.0. The Morgan fingerprint density at radius 3 is 2.91 bits per heavy atom. The zero-order valence-electron chi connectivity index (χ0n) is 12.6. The molecule has 22 heavy (non-hydrogen) atoms. The number of aryl methyl sites for hydroxylation is 2. The van der Waals surface area contributed by atoms with Crippen molar-refractivity contribution in [1.29, 1.82) is 5.26 Å². The van der Waals surface area contributed by atoms with E-state index in [0.29, 0.717) is 18.7 Å². The van der Waals surface area contributed by atoms with Crippen molar-refractivity contribution in [1.82, 2.24) is 9.88 Å². The molecule has 1 unspecified atom stereocenters. The minimum absolute atomic E-state index is 0.0989. The van der Waals surface area contributed by atoms with Crippen LogP contribution in [-0.2, 0) is 0 Å². The molecule has 2 heterocycles. The third-order valence-electron chi connectivity index (χ3n) is 4.39. The number of rotatable bonds is 2. The fourth-order valence-corrected chi connectivity index (χ4v) is 3.08. The number of aromatic nitrogens is 1. The molecule has 0 aliphatic carbocycles. The number of benzene rings is 1. The molecule has 3 rings (SSSR count). The molecule has 2 aromatic rings. The molecule has 1 amide bonds. The summed E-state index contributed by atoms with van der Waals surface area (Å²) in [5, 5.41) is 22.7. The summed E-state index contributed by atoms with van der Waals surface area (Å²) in [6, 6.07) is 6.01. The fraction of sp³-hybridized carbons (Fsp3) is 0.375. The Balaban J connectivity index is 1.95. The van der Waals surface area contributed by atoms with Crippen LogP contribution in [0.3, 0.4) is 0 Å². The molecule has 1 saturated heterocycles. The standard InChI is InChI=1S/C16H18N4O2/c1-9-10(2)18-15-11(7-17)3-4-13(14(9)15)19-12-5-6-20(8-12)16(21)22/h3-4,12,18-19H,5-6,8H2,1-2H3,(H,21,22). The second kappa shape index (κ2) is 5.26. The predicted molar refractivity (Wildman–Crippen MR) is 84.1 cm³/mol. The Labute approximate surface area is 128 Å². The van der Waals surface area contributed by atoms with Crippen molar-refractivity contribution >= 4 is 22.7 Å².